The second-order valence-electron chi connectivity index (χ2n) is 10.3. The lowest BCUT2D eigenvalue weighted by Gasteiger charge is -2.40. The second-order valence-corrected chi connectivity index (χ2v) is 10.3. The monoisotopic (exact) mass is 538 g/mol. The zero-order valence-electron chi connectivity index (χ0n) is 22.5. The van der Waals surface area contributed by atoms with Gasteiger partial charge in [-0.15, -0.1) is 0 Å². The van der Waals surface area contributed by atoms with Gasteiger partial charge in [-0.25, -0.2) is 9.18 Å². The minimum atomic E-state index is -0.996. The van der Waals surface area contributed by atoms with E-state index in [0.29, 0.717) is 50.3 Å². The summed E-state index contributed by atoms with van der Waals surface area (Å²) in [4.78, 5) is 21.5. The number of hydrogen-bond acceptors (Lipinski definition) is 7. The number of hydrogen-bond donors (Lipinski definition) is 3. The van der Waals surface area contributed by atoms with Gasteiger partial charge >= 0.3 is 6.03 Å². The fraction of sp³-hybridized carbons (Fsp3) is 0.464. The van der Waals surface area contributed by atoms with Gasteiger partial charge in [-0.1, -0.05) is 6.07 Å². The first-order valence-corrected chi connectivity index (χ1v) is 13.2. The molecule has 10 nitrogen and oxygen atoms in total. The van der Waals surface area contributed by atoms with Gasteiger partial charge in [0, 0.05) is 85.9 Å². The van der Waals surface area contributed by atoms with Crippen LogP contribution < -0.4 is 10.1 Å². The number of piperidine rings is 1. The maximum Gasteiger partial charge on any atom is 0.317 e. The topological polar surface area (TPSA) is 116 Å². The average molecular weight is 539 g/mol. The van der Waals surface area contributed by atoms with E-state index in [1.54, 1.807) is 23.2 Å². The van der Waals surface area contributed by atoms with Gasteiger partial charge in [-0.3, -0.25) is 15.0 Å². The van der Waals surface area contributed by atoms with E-state index in [2.05, 4.69) is 20.5 Å². The number of aromatic nitrogens is 3. The smallest absolute Gasteiger partial charge is 0.317 e. The Hall–Kier alpha value is -3.54. The van der Waals surface area contributed by atoms with Crippen LogP contribution in [-0.4, -0.2) is 82.3 Å². The fourth-order valence-corrected chi connectivity index (χ4v) is 5.64. The van der Waals surface area contributed by atoms with Crippen molar-refractivity contribution in [2.75, 3.05) is 33.9 Å². The highest BCUT2D eigenvalue weighted by Gasteiger charge is 2.35. The number of aliphatic hydroxyl groups excluding tert-OH is 1. The molecular weight excluding hydrogens is 503 g/mol. The van der Waals surface area contributed by atoms with Gasteiger partial charge in [-0.2, -0.15) is 5.10 Å². The molecule has 3 atom stereocenters. The third-order valence-corrected chi connectivity index (χ3v) is 7.60. The van der Waals surface area contributed by atoms with Crippen LogP contribution in [0.15, 0.2) is 36.5 Å². The lowest BCUT2D eigenvalue weighted by atomic mass is 9.93. The lowest BCUT2D eigenvalue weighted by Crippen LogP contribution is -2.55. The third kappa shape index (κ3) is 5.90. The molecule has 1 aromatic carbocycles. The summed E-state index contributed by atoms with van der Waals surface area (Å²) in [6.45, 7) is 4.21. The molecule has 208 valence electrons. The zero-order valence-corrected chi connectivity index (χ0v) is 22.5. The van der Waals surface area contributed by atoms with E-state index in [4.69, 9.17) is 9.47 Å². The van der Waals surface area contributed by atoms with Crippen molar-refractivity contribution in [1.82, 2.24) is 30.3 Å². The van der Waals surface area contributed by atoms with Crippen LogP contribution in [-0.2, 0) is 24.2 Å². The summed E-state index contributed by atoms with van der Waals surface area (Å²) in [6.07, 6.45) is 1.98. The molecule has 0 spiro atoms. The number of aliphatic hydroxyl groups is 1. The number of carbonyl (C=O) groups is 1. The van der Waals surface area contributed by atoms with Crippen molar-refractivity contribution < 1.29 is 23.8 Å². The van der Waals surface area contributed by atoms with Gasteiger partial charge in [0.2, 0.25) is 0 Å². The first-order valence-electron chi connectivity index (χ1n) is 13.2. The van der Waals surface area contributed by atoms with E-state index >= 15 is 0 Å². The molecule has 11 heteroatoms. The predicted octanol–water partition coefficient (Wildman–Crippen LogP) is 2.85. The van der Waals surface area contributed by atoms with Crippen LogP contribution in [0, 0.1) is 18.7 Å². The highest BCUT2D eigenvalue weighted by Crippen LogP contribution is 2.30. The number of pyridine rings is 1. The number of carbonyl (C=O) groups excluding carboxylic acids is 1. The van der Waals surface area contributed by atoms with Gasteiger partial charge < -0.3 is 24.8 Å². The highest BCUT2D eigenvalue weighted by molar-refractivity contribution is 5.76. The molecule has 0 saturated carbocycles. The molecule has 1 fully saturated rings. The molecule has 2 aliphatic rings. The minimum Gasteiger partial charge on any atom is -0.496 e. The molecule has 5 rings (SSSR count). The standard InChI is InChI=1S/C28H35FN6O4/c1-17-11-18(7-9-30-17)26-22-16-35(10-8-24(22)32-33-26)28(37)31-20-12-19(27(36)39-3)13-34(14-20)15-21-23(29)5-4-6-25(21)38-2/h4-7,9,11,19-20,27,36H,8,10,12-16H2,1-3H3,(H,31,37)(H,32,33). The Labute approximate surface area is 227 Å². The number of H-pyrrole nitrogens is 1. The van der Waals surface area contributed by atoms with Crippen molar-refractivity contribution in [2.24, 2.45) is 5.92 Å². The van der Waals surface area contributed by atoms with Crippen LogP contribution in [0.3, 0.4) is 0 Å². The number of likely N-dealkylation sites (tertiary alicyclic amines) is 1. The Kier molecular flexibility index (Phi) is 8.10. The number of ether oxygens (including phenoxy) is 2. The number of aryl methyl sites for hydroxylation is 1. The Bertz CT molecular complexity index is 1320. The van der Waals surface area contributed by atoms with Crippen LogP contribution in [0.25, 0.3) is 11.3 Å². The summed E-state index contributed by atoms with van der Waals surface area (Å²) >= 11 is 0. The number of halogens is 1. The Balaban J connectivity index is 1.30. The molecule has 3 N–H and O–H groups in total. The molecule has 1 saturated heterocycles. The van der Waals surface area contributed by atoms with Crippen LogP contribution in [0.1, 0.15) is 28.9 Å². The first kappa shape index (κ1) is 27.0. The summed E-state index contributed by atoms with van der Waals surface area (Å²) in [6, 6.07) is 8.21. The van der Waals surface area contributed by atoms with E-state index < -0.39 is 6.29 Å². The van der Waals surface area contributed by atoms with Crippen molar-refractivity contribution in [3.63, 3.8) is 0 Å². The lowest BCUT2D eigenvalue weighted by molar-refractivity contribution is -0.129. The van der Waals surface area contributed by atoms with Crippen molar-refractivity contribution >= 4 is 6.03 Å². The van der Waals surface area contributed by atoms with Crippen LogP contribution in [0.5, 0.6) is 5.75 Å². The molecule has 2 aliphatic heterocycles. The van der Waals surface area contributed by atoms with Gasteiger partial charge in [0.15, 0.2) is 6.29 Å². The molecule has 0 aliphatic carbocycles. The summed E-state index contributed by atoms with van der Waals surface area (Å²) in [5, 5.41) is 21.3. The number of benzene rings is 1. The molecule has 2 aromatic heterocycles. The summed E-state index contributed by atoms with van der Waals surface area (Å²) < 4.78 is 25.3. The molecule has 3 unspecified atom stereocenters. The molecule has 3 aromatic rings. The van der Waals surface area contributed by atoms with Gasteiger partial charge in [0.25, 0.3) is 0 Å². The molecule has 39 heavy (non-hydrogen) atoms. The Morgan fingerprint density at radius 1 is 1.31 bits per heavy atom. The molecule has 0 bridgehead atoms. The molecule has 0 radical (unpaired) electrons. The fourth-order valence-electron chi connectivity index (χ4n) is 5.64. The number of fused-ring (bicyclic) bond motifs is 1. The molecular formula is C28H35FN6O4. The third-order valence-electron chi connectivity index (χ3n) is 7.60. The van der Waals surface area contributed by atoms with Crippen molar-refractivity contribution in [3.05, 3.63) is 64.9 Å². The first-order chi connectivity index (χ1) is 18.9. The van der Waals surface area contributed by atoms with Crippen molar-refractivity contribution in [3.8, 4) is 17.0 Å². The summed E-state index contributed by atoms with van der Waals surface area (Å²) in [5.74, 6) is -0.140. The van der Waals surface area contributed by atoms with Crippen LogP contribution in [0.2, 0.25) is 0 Å². The maximum absolute atomic E-state index is 14.7. The van der Waals surface area contributed by atoms with Gasteiger partial charge in [0.05, 0.1) is 19.3 Å². The van der Waals surface area contributed by atoms with Crippen molar-refractivity contribution in [2.45, 2.75) is 45.2 Å². The summed E-state index contributed by atoms with van der Waals surface area (Å²) in [7, 11) is 2.97. The van der Waals surface area contributed by atoms with Gasteiger partial charge in [-0.05, 0) is 37.6 Å². The number of amides is 2. The SMILES string of the molecule is COc1cccc(F)c1CN1CC(NC(=O)N2CCc3[nH]nc(-c4ccnc(C)c4)c3C2)CC(C(O)OC)C1. The second kappa shape index (κ2) is 11.7. The largest absolute Gasteiger partial charge is 0.496 e. The van der Waals surface area contributed by atoms with E-state index in [-0.39, 0.29) is 30.4 Å². The average Bonchev–Trinajstić information content (AvgIpc) is 3.37. The number of urea groups is 1. The van der Waals surface area contributed by atoms with E-state index in [9.17, 15) is 14.3 Å². The molecule has 2 amide bonds. The maximum atomic E-state index is 14.7. The van der Waals surface area contributed by atoms with E-state index in [1.165, 1.54) is 20.3 Å². The number of methoxy groups -OCH3 is 2. The number of nitrogens with one attached hydrogen (secondary N) is 2. The zero-order chi connectivity index (χ0) is 27.5. The van der Waals surface area contributed by atoms with E-state index in [0.717, 1.165) is 28.2 Å². The molecule has 4 heterocycles. The van der Waals surface area contributed by atoms with Crippen molar-refractivity contribution in [1.29, 1.82) is 0 Å². The predicted molar refractivity (Wildman–Crippen MR) is 142 cm³/mol. The van der Waals surface area contributed by atoms with E-state index in [1.807, 2.05) is 24.0 Å². The van der Waals surface area contributed by atoms with Gasteiger partial charge in [0.1, 0.15) is 11.6 Å². The Morgan fingerprint density at radius 2 is 2.15 bits per heavy atom. The number of aromatic amines is 1. The number of rotatable bonds is 7. The minimum absolute atomic E-state index is 0.181. The highest BCUT2D eigenvalue weighted by atomic mass is 19.1. The quantitative estimate of drug-likeness (QED) is 0.396. The van der Waals surface area contributed by atoms with Crippen LogP contribution in [0.4, 0.5) is 9.18 Å². The van der Waals surface area contributed by atoms with Crippen LogP contribution >= 0.6 is 0 Å². The summed E-state index contributed by atoms with van der Waals surface area (Å²) in [5.41, 5.74) is 5.18. The normalized spacial score (nSPS) is 20.4. The number of nitrogens with zero attached hydrogens (tertiary/aromatic N) is 4. The Morgan fingerprint density at radius 3 is 2.92 bits per heavy atom.